The van der Waals surface area contributed by atoms with Crippen molar-refractivity contribution in [3.63, 3.8) is 0 Å². The summed E-state index contributed by atoms with van der Waals surface area (Å²) in [4.78, 5) is 0. The molecule has 0 heterocycles. The van der Waals surface area contributed by atoms with Crippen LogP contribution in [0.25, 0.3) is 0 Å². The van der Waals surface area contributed by atoms with Crippen molar-refractivity contribution in [2.75, 3.05) is 0 Å². The molecule has 0 N–H and O–H groups in total. The number of hydrogen-bond donors (Lipinski definition) is 0. The minimum absolute atomic E-state index is 0.782. The summed E-state index contributed by atoms with van der Waals surface area (Å²) in [6, 6.07) is 0. The minimum atomic E-state index is -0.782. The van der Waals surface area contributed by atoms with Crippen molar-refractivity contribution < 1.29 is 0 Å². The van der Waals surface area contributed by atoms with E-state index in [0.29, 0.717) is 0 Å². The minimum Gasteiger partial charge on any atom is -0.0694 e. The predicted octanol–water partition coefficient (Wildman–Crippen LogP) is 3.51. The zero-order chi connectivity index (χ0) is 7.49. The fourth-order valence-corrected chi connectivity index (χ4v) is 2.02. The lowest BCUT2D eigenvalue weighted by atomic mass is 10.3. The van der Waals surface area contributed by atoms with Gasteiger partial charge in [-0.15, -0.1) is 0 Å². The fourth-order valence-electron chi connectivity index (χ4n) is 0.866. The third-order valence-electron chi connectivity index (χ3n) is 2.20. The molecule has 0 bridgehead atoms. The third-order valence-corrected chi connectivity index (χ3v) is 5.45. The molecule has 0 aromatic heterocycles. The second-order valence-electron chi connectivity index (χ2n) is 4.06. The highest BCUT2D eigenvalue weighted by Crippen LogP contribution is 2.25. The van der Waals surface area contributed by atoms with Crippen molar-refractivity contribution in [3.8, 4) is 0 Å². The van der Waals surface area contributed by atoms with Crippen LogP contribution in [0.4, 0.5) is 0 Å². The van der Waals surface area contributed by atoms with E-state index in [1.54, 1.807) is 0 Å². The van der Waals surface area contributed by atoms with Gasteiger partial charge in [0.1, 0.15) is 0 Å². The molecule has 0 aliphatic heterocycles. The van der Waals surface area contributed by atoms with Crippen LogP contribution in [0.1, 0.15) is 26.7 Å². The second kappa shape index (κ2) is 3.40. The molecule has 0 rings (SSSR count). The molecule has 0 aliphatic rings. The quantitative estimate of drug-likeness (QED) is 0.532. The molecule has 1 atom stereocenters. The Hall–Kier alpha value is 0.217. The summed E-state index contributed by atoms with van der Waals surface area (Å²) in [7, 11) is -0.782. The topological polar surface area (TPSA) is 0 Å². The zero-order valence-electron chi connectivity index (χ0n) is 7.49. The van der Waals surface area contributed by atoms with Gasteiger partial charge in [-0.1, -0.05) is 46.3 Å². The monoisotopic (exact) mass is 144 g/mol. The van der Waals surface area contributed by atoms with E-state index in [4.69, 9.17) is 0 Å². The Balaban J connectivity index is 3.59. The molecule has 0 radical (unpaired) electrons. The van der Waals surface area contributed by atoms with Crippen molar-refractivity contribution >= 4 is 8.07 Å². The summed E-state index contributed by atoms with van der Waals surface area (Å²) in [5.41, 5.74) is 1.00. The lowest BCUT2D eigenvalue weighted by molar-refractivity contribution is 0.746. The highest BCUT2D eigenvalue weighted by atomic mass is 28.3. The van der Waals surface area contributed by atoms with Gasteiger partial charge >= 0.3 is 0 Å². The molecule has 9 heavy (non-hydrogen) atoms. The second-order valence-corrected chi connectivity index (χ2v) is 9.77. The standard InChI is InChI=1S/C8H20Si/c1-6-7-8(2)9(3,4)5/h8H,6-7H2,1-5H3. The first-order valence-corrected chi connectivity index (χ1v) is 7.56. The van der Waals surface area contributed by atoms with E-state index in [1.807, 2.05) is 0 Å². The van der Waals surface area contributed by atoms with Gasteiger partial charge < -0.3 is 0 Å². The Labute approximate surface area is 60.7 Å². The predicted molar refractivity (Wildman–Crippen MR) is 47.7 cm³/mol. The van der Waals surface area contributed by atoms with Crippen LogP contribution in [0.2, 0.25) is 25.2 Å². The molecule has 0 aromatic rings. The average molecular weight is 144 g/mol. The van der Waals surface area contributed by atoms with E-state index in [1.165, 1.54) is 12.8 Å². The van der Waals surface area contributed by atoms with Crippen LogP contribution >= 0.6 is 0 Å². The van der Waals surface area contributed by atoms with Gasteiger partial charge in [-0.25, -0.2) is 0 Å². The smallest absolute Gasteiger partial charge is 0.0471 e. The van der Waals surface area contributed by atoms with Crippen LogP contribution in [-0.2, 0) is 0 Å². The first kappa shape index (κ1) is 9.22. The van der Waals surface area contributed by atoms with Gasteiger partial charge in [0.05, 0.1) is 0 Å². The van der Waals surface area contributed by atoms with Crippen molar-refractivity contribution in [2.45, 2.75) is 51.9 Å². The Kier molecular flexibility index (Phi) is 3.48. The Morgan fingerprint density at radius 3 is 1.78 bits per heavy atom. The lowest BCUT2D eigenvalue weighted by Gasteiger charge is -2.24. The fraction of sp³-hybridized carbons (Fsp3) is 1.00. The molecule has 0 nitrogen and oxygen atoms in total. The van der Waals surface area contributed by atoms with Crippen molar-refractivity contribution in [1.29, 1.82) is 0 Å². The molecule has 0 aromatic carbocycles. The number of rotatable bonds is 3. The maximum Gasteiger partial charge on any atom is 0.0471 e. The van der Waals surface area contributed by atoms with Crippen LogP contribution in [0, 0.1) is 0 Å². The Morgan fingerprint density at radius 1 is 1.22 bits per heavy atom. The number of hydrogen-bond acceptors (Lipinski definition) is 0. The highest BCUT2D eigenvalue weighted by molar-refractivity contribution is 6.77. The molecular formula is C8H20Si. The summed E-state index contributed by atoms with van der Waals surface area (Å²) in [6.45, 7) is 12.0. The van der Waals surface area contributed by atoms with Crippen molar-refractivity contribution in [3.05, 3.63) is 0 Å². The summed E-state index contributed by atoms with van der Waals surface area (Å²) in [6.07, 6.45) is 2.78. The summed E-state index contributed by atoms with van der Waals surface area (Å²) < 4.78 is 0. The van der Waals surface area contributed by atoms with Gasteiger partial charge in [-0.2, -0.15) is 0 Å². The van der Waals surface area contributed by atoms with E-state index in [0.717, 1.165) is 5.54 Å². The molecule has 0 amide bonds. The van der Waals surface area contributed by atoms with E-state index < -0.39 is 8.07 Å². The third kappa shape index (κ3) is 3.74. The van der Waals surface area contributed by atoms with E-state index >= 15 is 0 Å². The van der Waals surface area contributed by atoms with Gasteiger partial charge in [-0.05, 0) is 5.54 Å². The molecule has 1 heteroatoms. The van der Waals surface area contributed by atoms with Crippen LogP contribution < -0.4 is 0 Å². The lowest BCUT2D eigenvalue weighted by Crippen LogP contribution is -2.25. The maximum atomic E-state index is 2.45. The Bertz CT molecular complexity index is 71.1. The van der Waals surface area contributed by atoms with Crippen LogP contribution in [0.15, 0.2) is 0 Å². The van der Waals surface area contributed by atoms with Gasteiger partial charge in [0.25, 0.3) is 0 Å². The highest BCUT2D eigenvalue weighted by Gasteiger charge is 2.20. The van der Waals surface area contributed by atoms with Gasteiger partial charge in [-0.3, -0.25) is 0 Å². The van der Waals surface area contributed by atoms with E-state index in [2.05, 4.69) is 33.5 Å². The van der Waals surface area contributed by atoms with Crippen molar-refractivity contribution in [2.24, 2.45) is 0 Å². The van der Waals surface area contributed by atoms with E-state index in [-0.39, 0.29) is 0 Å². The van der Waals surface area contributed by atoms with Crippen LogP contribution in [-0.4, -0.2) is 8.07 Å². The molecule has 0 saturated carbocycles. The van der Waals surface area contributed by atoms with Crippen LogP contribution in [0.5, 0.6) is 0 Å². The van der Waals surface area contributed by atoms with E-state index in [9.17, 15) is 0 Å². The molecule has 56 valence electrons. The van der Waals surface area contributed by atoms with Crippen LogP contribution in [0.3, 0.4) is 0 Å². The summed E-state index contributed by atoms with van der Waals surface area (Å²) in [5, 5.41) is 0. The zero-order valence-corrected chi connectivity index (χ0v) is 8.49. The first-order chi connectivity index (χ1) is 3.98. The molecule has 0 fully saturated rings. The maximum absolute atomic E-state index is 2.45. The molecule has 0 aliphatic carbocycles. The normalized spacial score (nSPS) is 15.7. The van der Waals surface area contributed by atoms with Crippen molar-refractivity contribution in [1.82, 2.24) is 0 Å². The molecular weight excluding hydrogens is 124 g/mol. The summed E-state index contributed by atoms with van der Waals surface area (Å²) in [5.74, 6) is 0. The SMILES string of the molecule is CCCC(C)[Si](C)(C)C. The van der Waals surface area contributed by atoms with Gasteiger partial charge in [0, 0.05) is 8.07 Å². The summed E-state index contributed by atoms with van der Waals surface area (Å²) >= 11 is 0. The van der Waals surface area contributed by atoms with Gasteiger partial charge in [0.15, 0.2) is 0 Å². The average Bonchev–Trinajstić information content (AvgIpc) is 1.64. The first-order valence-electron chi connectivity index (χ1n) is 3.98. The molecule has 0 spiro atoms. The molecule has 0 saturated heterocycles. The largest absolute Gasteiger partial charge is 0.0694 e. The molecule has 1 unspecified atom stereocenters. The van der Waals surface area contributed by atoms with Gasteiger partial charge in [0.2, 0.25) is 0 Å². The Morgan fingerprint density at radius 2 is 1.67 bits per heavy atom.